The van der Waals surface area contributed by atoms with Crippen molar-refractivity contribution in [2.75, 3.05) is 6.61 Å². The van der Waals surface area contributed by atoms with Crippen molar-refractivity contribution in [3.63, 3.8) is 0 Å². The predicted molar refractivity (Wildman–Crippen MR) is 76.3 cm³/mol. The molecule has 0 heterocycles. The van der Waals surface area contributed by atoms with E-state index in [0.29, 0.717) is 6.42 Å². The topological polar surface area (TPSA) is 79.2 Å². The van der Waals surface area contributed by atoms with Gasteiger partial charge in [0.05, 0.1) is 6.61 Å². The number of rotatable bonds is 4. The number of carbonyl (C=O) groups excluding carboxylic acids is 2. The number of nitrogens with one attached hydrogen (secondary N) is 1. The molecular weight excluding hydrogens is 268 g/mol. The van der Waals surface area contributed by atoms with Crippen molar-refractivity contribution in [3.05, 3.63) is 35.4 Å². The van der Waals surface area contributed by atoms with Crippen LogP contribution in [0.5, 0.6) is 0 Å². The highest BCUT2D eigenvalue weighted by Crippen LogP contribution is 2.41. The Hall–Kier alpha value is -2.35. The van der Waals surface area contributed by atoms with Crippen LogP contribution in [0.2, 0.25) is 0 Å². The number of esters is 1. The molecule has 0 fully saturated rings. The van der Waals surface area contributed by atoms with Crippen molar-refractivity contribution in [1.82, 2.24) is 5.32 Å². The Bertz CT molecular complexity index is 606. The first kappa shape index (κ1) is 15.0. The molecule has 0 aliphatic heterocycles. The van der Waals surface area contributed by atoms with E-state index in [9.17, 15) is 14.9 Å². The molecule has 0 saturated carbocycles. The summed E-state index contributed by atoms with van der Waals surface area (Å²) in [5, 5.41) is 12.2. The number of aryl methyl sites for hydroxylation is 1. The van der Waals surface area contributed by atoms with Crippen LogP contribution in [-0.4, -0.2) is 24.0 Å². The van der Waals surface area contributed by atoms with E-state index >= 15 is 0 Å². The summed E-state index contributed by atoms with van der Waals surface area (Å²) in [6.45, 7) is 3.14. The van der Waals surface area contributed by atoms with Gasteiger partial charge in [0.2, 0.25) is 11.4 Å². The summed E-state index contributed by atoms with van der Waals surface area (Å²) in [6.07, 6.45) is 1.41. The van der Waals surface area contributed by atoms with Gasteiger partial charge in [0.1, 0.15) is 6.07 Å². The Kier molecular flexibility index (Phi) is 4.27. The summed E-state index contributed by atoms with van der Waals surface area (Å²) >= 11 is 0. The average molecular weight is 286 g/mol. The van der Waals surface area contributed by atoms with Crippen LogP contribution in [0.15, 0.2) is 24.3 Å². The fraction of sp³-hybridized carbons (Fsp3) is 0.438. The van der Waals surface area contributed by atoms with Crippen LogP contribution < -0.4 is 5.32 Å². The molecule has 2 rings (SSSR count). The van der Waals surface area contributed by atoms with Crippen LogP contribution in [0.1, 0.15) is 37.3 Å². The van der Waals surface area contributed by atoms with Gasteiger partial charge in [0.25, 0.3) is 0 Å². The highest BCUT2D eigenvalue weighted by molar-refractivity contribution is 5.91. The summed E-state index contributed by atoms with van der Waals surface area (Å²) in [4.78, 5) is 23.9. The lowest BCUT2D eigenvalue weighted by Crippen LogP contribution is -2.57. The molecule has 0 spiro atoms. The smallest absolute Gasteiger partial charge is 0.347 e. The third-order valence-electron chi connectivity index (χ3n) is 3.80. The molecule has 1 aliphatic rings. The first-order chi connectivity index (χ1) is 10.0. The number of nitrogens with zero attached hydrogens (tertiary/aromatic N) is 1. The van der Waals surface area contributed by atoms with Crippen molar-refractivity contribution in [3.8, 4) is 6.07 Å². The minimum atomic E-state index is -1.66. The maximum atomic E-state index is 12.4. The molecule has 2 atom stereocenters. The normalized spacial score (nSPS) is 19.0. The lowest BCUT2D eigenvalue weighted by Gasteiger charge is -2.31. The van der Waals surface area contributed by atoms with Crippen molar-refractivity contribution >= 4 is 11.9 Å². The quantitative estimate of drug-likeness (QED) is 0.854. The Morgan fingerprint density at radius 1 is 1.48 bits per heavy atom. The molecule has 1 N–H and O–H groups in total. The van der Waals surface area contributed by atoms with Crippen LogP contribution in [0.4, 0.5) is 0 Å². The monoisotopic (exact) mass is 286 g/mol. The fourth-order valence-electron chi connectivity index (χ4n) is 2.96. The Morgan fingerprint density at radius 3 is 2.81 bits per heavy atom. The molecule has 1 aliphatic carbocycles. The molecule has 5 nitrogen and oxygen atoms in total. The number of carbonyl (C=O) groups is 2. The summed E-state index contributed by atoms with van der Waals surface area (Å²) in [7, 11) is 0. The third kappa shape index (κ3) is 2.62. The Morgan fingerprint density at radius 2 is 2.19 bits per heavy atom. The highest BCUT2D eigenvalue weighted by atomic mass is 16.5. The maximum Gasteiger partial charge on any atom is 0.347 e. The van der Waals surface area contributed by atoms with Crippen LogP contribution in [0.25, 0.3) is 0 Å². The molecule has 110 valence electrons. The van der Waals surface area contributed by atoms with E-state index in [1.807, 2.05) is 30.3 Å². The number of benzene rings is 1. The number of fused-ring (bicyclic) bond motifs is 1. The van der Waals surface area contributed by atoms with Crippen LogP contribution >= 0.6 is 0 Å². The number of amides is 1. The van der Waals surface area contributed by atoms with Gasteiger partial charge in [0.15, 0.2) is 0 Å². The lowest BCUT2D eigenvalue weighted by atomic mass is 9.80. The van der Waals surface area contributed by atoms with Gasteiger partial charge in [-0.3, -0.25) is 4.79 Å². The van der Waals surface area contributed by atoms with Gasteiger partial charge in [-0.25, -0.2) is 4.79 Å². The summed E-state index contributed by atoms with van der Waals surface area (Å²) < 4.78 is 5.05. The third-order valence-corrected chi connectivity index (χ3v) is 3.80. The minimum absolute atomic E-state index is 0.163. The molecular formula is C16H18N2O3. The van der Waals surface area contributed by atoms with Gasteiger partial charge >= 0.3 is 5.97 Å². The Balaban J connectivity index is 2.48. The Labute approximate surface area is 123 Å². The summed E-state index contributed by atoms with van der Waals surface area (Å²) in [6, 6.07) is 9.70. The summed E-state index contributed by atoms with van der Waals surface area (Å²) in [5.74, 6) is -1.50. The van der Waals surface area contributed by atoms with Crippen molar-refractivity contribution in [1.29, 1.82) is 5.26 Å². The van der Waals surface area contributed by atoms with Gasteiger partial charge in [-0.05, 0) is 30.9 Å². The number of hydrogen-bond donors (Lipinski definition) is 1. The second-order valence-corrected chi connectivity index (χ2v) is 5.11. The molecule has 0 bridgehead atoms. The molecule has 5 heteroatoms. The van der Waals surface area contributed by atoms with Crippen molar-refractivity contribution in [2.24, 2.45) is 0 Å². The molecule has 1 aromatic rings. The molecule has 1 amide bonds. The second-order valence-electron chi connectivity index (χ2n) is 5.11. The molecule has 0 aromatic heterocycles. The standard InChI is InChI=1S/C16H18N2O3/c1-3-21-15(20)16(10-17,18-11(2)19)14-9-8-12-6-4-5-7-13(12)14/h4-7,14H,3,8-9H2,1-2H3,(H,18,19). The van der Waals surface area contributed by atoms with Crippen molar-refractivity contribution in [2.45, 2.75) is 38.1 Å². The first-order valence-corrected chi connectivity index (χ1v) is 7.00. The van der Waals surface area contributed by atoms with Crippen LogP contribution in [0, 0.1) is 11.3 Å². The van der Waals surface area contributed by atoms with E-state index in [0.717, 1.165) is 17.5 Å². The molecule has 1 aromatic carbocycles. The molecule has 21 heavy (non-hydrogen) atoms. The van der Waals surface area contributed by atoms with E-state index in [4.69, 9.17) is 4.74 Å². The van der Waals surface area contributed by atoms with E-state index in [-0.39, 0.29) is 12.5 Å². The number of hydrogen-bond acceptors (Lipinski definition) is 4. The van der Waals surface area contributed by atoms with Gasteiger partial charge in [-0.15, -0.1) is 0 Å². The van der Waals surface area contributed by atoms with E-state index in [2.05, 4.69) is 5.32 Å². The SMILES string of the molecule is CCOC(=O)C(C#N)(NC(C)=O)C1CCc2ccccc21. The summed E-state index contributed by atoms with van der Waals surface area (Å²) in [5.41, 5.74) is 0.381. The van der Waals surface area contributed by atoms with Gasteiger partial charge in [0, 0.05) is 12.8 Å². The van der Waals surface area contributed by atoms with Gasteiger partial charge in [-0.1, -0.05) is 24.3 Å². The minimum Gasteiger partial charge on any atom is -0.463 e. The number of ether oxygens (including phenoxy) is 1. The average Bonchev–Trinajstić information content (AvgIpc) is 2.89. The zero-order valence-electron chi connectivity index (χ0n) is 12.2. The lowest BCUT2D eigenvalue weighted by molar-refractivity contribution is -0.151. The zero-order chi connectivity index (χ0) is 15.5. The molecule has 2 unspecified atom stereocenters. The van der Waals surface area contributed by atoms with Crippen LogP contribution in [0.3, 0.4) is 0 Å². The second kappa shape index (κ2) is 5.96. The largest absolute Gasteiger partial charge is 0.463 e. The highest BCUT2D eigenvalue weighted by Gasteiger charge is 2.51. The molecule has 0 radical (unpaired) electrons. The zero-order valence-corrected chi connectivity index (χ0v) is 12.2. The fourth-order valence-corrected chi connectivity index (χ4v) is 2.96. The van der Waals surface area contributed by atoms with Crippen LogP contribution in [-0.2, 0) is 20.7 Å². The van der Waals surface area contributed by atoms with Crippen molar-refractivity contribution < 1.29 is 14.3 Å². The van der Waals surface area contributed by atoms with E-state index in [1.165, 1.54) is 6.92 Å². The van der Waals surface area contributed by atoms with Gasteiger partial charge < -0.3 is 10.1 Å². The first-order valence-electron chi connectivity index (χ1n) is 7.00. The predicted octanol–water partition coefficient (Wildman–Crippen LogP) is 1.68. The van der Waals surface area contributed by atoms with E-state index < -0.39 is 17.4 Å². The maximum absolute atomic E-state index is 12.4. The number of nitriles is 1. The molecule has 0 saturated heterocycles. The van der Waals surface area contributed by atoms with Gasteiger partial charge in [-0.2, -0.15) is 5.26 Å². The van der Waals surface area contributed by atoms with E-state index in [1.54, 1.807) is 6.92 Å².